The highest BCUT2D eigenvalue weighted by Crippen LogP contribution is 2.29. The summed E-state index contributed by atoms with van der Waals surface area (Å²) in [6.07, 6.45) is 1.26. The van der Waals surface area contributed by atoms with Gasteiger partial charge in [-0.3, -0.25) is 0 Å². The van der Waals surface area contributed by atoms with E-state index in [0.29, 0.717) is 5.82 Å². The number of pyridine rings is 1. The minimum absolute atomic E-state index is 0.431. The number of ether oxygens (including phenoxy) is 1. The zero-order chi connectivity index (χ0) is 16.3. The molecule has 0 N–H and O–H groups in total. The molecular weight excluding hydrogens is 276 g/mol. The van der Waals surface area contributed by atoms with E-state index in [9.17, 15) is 4.79 Å². The van der Waals surface area contributed by atoms with Crippen LogP contribution in [0.5, 0.6) is 0 Å². The molecule has 1 aromatic heterocycles. The van der Waals surface area contributed by atoms with Crippen LogP contribution in [-0.4, -0.2) is 16.7 Å². The third-order valence-corrected chi connectivity index (χ3v) is 3.06. The van der Waals surface area contributed by atoms with Crippen molar-refractivity contribution in [3.63, 3.8) is 0 Å². The van der Waals surface area contributed by atoms with Gasteiger partial charge in [0, 0.05) is 6.20 Å². The van der Waals surface area contributed by atoms with Gasteiger partial charge in [-0.2, -0.15) is 0 Å². The van der Waals surface area contributed by atoms with E-state index in [-0.39, 0.29) is 0 Å². The predicted molar refractivity (Wildman–Crippen MR) is 88.5 cm³/mol. The van der Waals surface area contributed by atoms with Crippen molar-refractivity contribution in [3.8, 4) is 0 Å². The smallest absolute Gasteiger partial charge is 0.420 e. The predicted octanol–water partition coefficient (Wildman–Crippen LogP) is 4.77. The summed E-state index contributed by atoms with van der Waals surface area (Å²) in [5.74, 6) is 0.559. The van der Waals surface area contributed by atoms with Gasteiger partial charge in [-0.25, -0.2) is 14.7 Å². The molecule has 116 valence electrons. The molecule has 0 spiro atoms. The van der Waals surface area contributed by atoms with Crippen molar-refractivity contribution >= 4 is 17.6 Å². The lowest BCUT2D eigenvalue weighted by molar-refractivity contribution is 0.0598. The monoisotopic (exact) mass is 298 g/mol. The van der Waals surface area contributed by atoms with E-state index in [2.05, 4.69) is 4.98 Å². The quantitative estimate of drug-likeness (QED) is 0.802. The Bertz CT molecular complexity index is 675. The summed E-state index contributed by atoms with van der Waals surface area (Å²) in [5.41, 5.74) is 2.22. The van der Waals surface area contributed by atoms with Crippen molar-refractivity contribution in [1.29, 1.82) is 0 Å². The van der Waals surface area contributed by atoms with Crippen molar-refractivity contribution in [2.45, 2.75) is 40.2 Å². The zero-order valence-electron chi connectivity index (χ0n) is 13.8. The Balaban J connectivity index is 2.50. The molecule has 0 unspecified atom stereocenters. The lowest BCUT2D eigenvalue weighted by atomic mass is 10.1. The highest BCUT2D eigenvalue weighted by Gasteiger charge is 2.26. The second-order valence-electron chi connectivity index (χ2n) is 6.29. The molecule has 0 aliphatic rings. The number of amides is 1. The van der Waals surface area contributed by atoms with E-state index >= 15 is 0 Å². The first kappa shape index (κ1) is 16.0. The molecule has 1 heterocycles. The summed E-state index contributed by atoms with van der Waals surface area (Å²) in [5, 5.41) is 0. The maximum absolute atomic E-state index is 12.7. The van der Waals surface area contributed by atoms with Gasteiger partial charge in [0.15, 0.2) is 0 Å². The van der Waals surface area contributed by atoms with Crippen LogP contribution in [0.15, 0.2) is 42.6 Å². The number of aromatic nitrogens is 1. The molecule has 2 rings (SSSR count). The third-order valence-electron chi connectivity index (χ3n) is 3.06. The largest absolute Gasteiger partial charge is 0.443 e. The van der Waals surface area contributed by atoms with Gasteiger partial charge < -0.3 is 4.74 Å². The molecule has 22 heavy (non-hydrogen) atoms. The lowest BCUT2D eigenvalue weighted by Gasteiger charge is -2.27. The number of aryl methyl sites for hydroxylation is 2. The average Bonchev–Trinajstić information content (AvgIpc) is 2.39. The number of hydrogen-bond acceptors (Lipinski definition) is 3. The number of rotatable bonds is 2. The van der Waals surface area contributed by atoms with E-state index in [0.717, 1.165) is 16.8 Å². The van der Waals surface area contributed by atoms with E-state index in [1.807, 2.05) is 71.0 Å². The average molecular weight is 298 g/mol. The standard InChI is InChI=1S/C18H22N2O2/c1-13-10-11-19-16(12-13)20(17(21)22-18(3,4)5)15-9-7-6-8-14(15)2/h6-12H,1-5H3. The Morgan fingerprint density at radius 1 is 1.14 bits per heavy atom. The van der Waals surface area contributed by atoms with Crippen LogP contribution in [0.25, 0.3) is 0 Å². The molecule has 1 amide bonds. The first-order chi connectivity index (χ1) is 10.3. The minimum Gasteiger partial charge on any atom is -0.443 e. The molecule has 0 aliphatic heterocycles. The van der Waals surface area contributed by atoms with Crippen molar-refractivity contribution in [2.24, 2.45) is 0 Å². The Morgan fingerprint density at radius 2 is 1.82 bits per heavy atom. The van der Waals surface area contributed by atoms with Crippen LogP contribution in [0.1, 0.15) is 31.9 Å². The molecule has 1 aromatic carbocycles. The highest BCUT2D eigenvalue weighted by molar-refractivity contribution is 5.96. The Morgan fingerprint density at radius 3 is 2.41 bits per heavy atom. The zero-order valence-corrected chi connectivity index (χ0v) is 13.8. The Hall–Kier alpha value is -2.36. The second-order valence-corrected chi connectivity index (χ2v) is 6.29. The van der Waals surface area contributed by atoms with E-state index in [1.54, 1.807) is 6.20 Å². The maximum atomic E-state index is 12.7. The van der Waals surface area contributed by atoms with Crippen LogP contribution >= 0.6 is 0 Å². The first-order valence-corrected chi connectivity index (χ1v) is 7.29. The lowest BCUT2D eigenvalue weighted by Crippen LogP contribution is -2.34. The topological polar surface area (TPSA) is 42.4 Å². The summed E-state index contributed by atoms with van der Waals surface area (Å²) in [6, 6.07) is 11.5. The van der Waals surface area contributed by atoms with Crippen LogP contribution < -0.4 is 4.90 Å². The minimum atomic E-state index is -0.568. The van der Waals surface area contributed by atoms with Gasteiger partial charge in [0.1, 0.15) is 11.4 Å². The number of carbonyl (C=O) groups excluding carboxylic acids is 1. The molecule has 4 nitrogen and oxygen atoms in total. The number of carbonyl (C=O) groups is 1. The molecule has 0 fully saturated rings. The normalized spacial score (nSPS) is 11.1. The number of hydrogen-bond donors (Lipinski definition) is 0. The van der Waals surface area contributed by atoms with Crippen molar-refractivity contribution in [3.05, 3.63) is 53.7 Å². The van der Waals surface area contributed by atoms with Gasteiger partial charge in [-0.1, -0.05) is 18.2 Å². The number of nitrogens with zero attached hydrogens (tertiary/aromatic N) is 2. The Kier molecular flexibility index (Phi) is 4.50. The molecule has 0 bridgehead atoms. The van der Waals surface area contributed by atoms with Crippen molar-refractivity contribution < 1.29 is 9.53 Å². The maximum Gasteiger partial charge on any atom is 0.420 e. The van der Waals surface area contributed by atoms with Gasteiger partial charge >= 0.3 is 6.09 Å². The second kappa shape index (κ2) is 6.18. The summed E-state index contributed by atoms with van der Waals surface area (Å²) < 4.78 is 5.55. The molecular formula is C18H22N2O2. The highest BCUT2D eigenvalue weighted by atomic mass is 16.6. The van der Waals surface area contributed by atoms with Crippen molar-refractivity contribution in [2.75, 3.05) is 4.90 Å². The SMILES string of the molecule is Cc1ccnc(N(C(=O)OC(C)(C)C)c2ccccc2C)c1. The summed E-state index contributed by atoms with van der Waals surface area (Å²) >= 11 is 0. The van der Waals surface area contributed by atoms with Crippen LogP contribution in [-0.2, 0) is 4.74 Å². The molecule has 0 saturated carbocycles. The summed E-state index contributed by atoms with van der Waals surface area (Å²) in [6.45, 7) is 9.48. The van der Waals surface area contributed by atoms with Gasteiger partial charge in [0.2, 0.25) is 0 Å². The van der Waals surface area contributed by atoms with E-state index in [1.165, 1.54) is 4.90 Å². The van der Waals surface area contributed by atoms with Crippen LogP contribution in [0.2, 0.25) is 0 Å². The molecule has 0 atom stereocenters. The Labute approximate surface area is 131 Å². The van der Waals surface area contributed by atoms with Gasteiger partial charge in [0.05, 0.1) is 5.69 Å². The molecule has 0 radical (unpaired) electrons. The van der Waals surface area contributed by atoms with Crippen LogP contribution in [0.3, 0.4) is 0 Å². The fourth-order valence-corrected chi connectivity index (χ4v) is 2.08. The van der Waals surface area contributed by atoms with Crippen LogP contribution in [0.4, 0.5) is 16.3 Å². The number of anilines is 2. The molecule has 0 aliphatic carbocycles. The van der Waals surface area contributed by atoms with Crippen LogP contribution in [0, 0.1) is 13.8 Å². The van der Waals surface area contributed by atoms with E-state index in [4.69, 9.17) is 4.74 Å². The van der Waals surface area contributed by atoms with E-state index < -0.39 is 11.7 Å². The number of benzene rings is 1. The fraction of sp³-hybridized carbons (Fsp3) is 0.333. The third kappa shape index (κ3) is 3.85. The van der Waals surface area contributed by atoms with Gasteiger partial charge in [-0.15, -0.1) is 0 Å². The molecule has 4 heteroatoms. The molecule has 2 aromatic rings. The van der Waals surface area contributed by atoms with Gasteiger partial charge in [-0.05, 0) is 63.9 Å². The fourth-order valence-electron chi connectivity index (χ4n) is 2.08. The van der Waals surface area contributed by atoms with Gasteiger partial charge in [0.25, 0.3) is 0 Å². The summed E-state index contributed by atoms with van der Waals surface area (Å²) in [4.78, 5) is 18.5. The first-order valence-electron chi connectivity index (χ1n) is 7.29. The van der Waals surface area contributed by atoms with Crippen molar-refractivity contribution in [1.82, 2.24) is 4.98 Å². The summed E-state index contributed by atoms with van der Waals surface area (Å²) in [7, 11) is 0. The number of para-hydroxylation sites is 1. The molecule has 0 saturated heterocycles.